The number of furan rings is 1. The summed E-state index contributed by atoms with van der Waals surface area (Å²) in [6.07, 6.45) is 1.43. The molecule has 7 heteroatoms. The number of carbonyl (C=O) groups is 2. The molecular formula is C16H13ClN2O3S. The summed E-state index contributed by atoms with van der Waals surface area (Å²) in [5.41, 5.74) is 0. The van der Waals surface area contributed by atoms with Crippen LogP contribution in [0.15, 0.2) is 47.1 Å². The molecule has 118 valence electrons. The first-order valence-corrected chi connectivity index (χ1v) is 8.13. The Labute approximate surface area is 141 Å². The normalized spacial score (nSPS) is 10.7. The smallest absolute Gasteiger partial charge is 0.287 e. The third-order valence-electron chi connectivity index (χ3n) is 3.18. The molecule has 0 aliphatic heterocycles. The van der Waals surface area contributed by atoms with Gasteiger partial charge in [-0.25, -0.2) is 0 Å². The Hall–Kier alpha value is -2.31. The molecule has 2 aromatic heterocycles. The van der Waals surface area contributed by atoms with Crippen molar-refractivity contribution >= 4 is 44.8 Å². The van der Waals surface area contributed by atoms with E-state index >= 15 is 0 Å². The summed E-state index contributed by atoms with van der Waals surface area (Å²) in [6.45, 7) is 0.601. The van der Waals surface area contributed by atoms with Gasteiger partial charge in [-0.1, -0.05) is 29.8 Å². The van der Waals surface area contributed by atoms with E-state index in [1.54, 1.807) is 12.1 Å². The molecule has 3 aromatic rings. The molecule has 0 radical (unpaired) electrons. The van der Waals surface area contributed by atoms with Crippen LogP contribution in [0.1, 0.15) is 20.2 Å². The lowest BCUT2D eigenvalue weighted by atomic mass is 10.2. The van der Waals surface area contributed by atoms with Crippen LogP contribution >= 0.6 is 22.9 Å². The van der Waals surface area contributed by atoms with Gasteiger partial charge in [0.2, 0.25) is 0 Å². The Morgan fingerprint density at radius 3 is 2.48 bits per heavy atom. The Kier molecular flexibility index (Phi) is 4.64. The number of hydrogen-bond donors (Lipinski definition) is 2. The van der Waals surface area contributed by atoms with Crippen LogP contribution in [0.4, 0.5) is 0 Å². The van der Waals surface area contributed by atoms with E-state index in [2.05, 4.69) is 10.6 Å². The van der Waals surface area contributed by atoms with E-state index in [4.69, 9.17) is 16.0 Å². The SMILES string of the molecule is O=C(NCCNC(=O)c1sc2ccccc2c1Cl)c1ccco1. The number of amides is 2. The zero-order valence-electron chi connectivity index (χ0n) is 12.0. The molecule has 23 heavy (non-hydrogen) atoms. The molecule has 0 saturated carbocycles. The lowest BCUT2D eigenvalue weighted by molar-refractivity contribution is 0.0911. The van der Waals surface area contributed by atoms with Gasteiger partial charge in [0.05, 0.1) is 11.3 Å². The van der Waals surface area contributed by atoms with Crippen LogP contribution in [0.25, 0.3) is 10.1 Å². The molecule has 3 rings (SSSR count). The minimum Gasteiger partial charge on any atom is -0.459 e. The first-order valence-electron chi connectivity index (χ1n) is 6.94. The van der Waals surface area contributed by atoms with E-state index in [1.165, 1.54) is 17.6 Å². The zero-order chi connectivity index (χ0) is 16.2. The number of hydrogen-bond acceptors (Lipinski definition) is 4. The maximum Gasteiger partial charge on any atom is 0.287 e. The third kappa shape index (κ3) is 3.38. The number of halogens is 1. The van der Waals surface area contributed by atoms with E-state index in [1.807, 2.05) is 24.3 Å². The van der Waals surface area contributed by atoms with Crippen molar-refractivity contribution in [2.45, 2.75) is 0 Å². The monoisotopic (exact) mass is 348 g/mol. The summed E-state index contributed by atoms with van der Waals surface area (Å²) in [7, 11) is 0. The second-order valence-electron chi connectivity index (χ2n) is 4.73. The van der Waals surface area contributed by atoms with Crippen molar-refractivity contribution in [3.63, 3.8) is 0 Å². The summed E-state index contributed by atoms with van der Waals surface area (Å²) in [4.78, 5) is 24.3. The average Bonchev–Trinajstić information content (AvgIpc) is 3.20. The van der Waals surface area contributed by atoms with Crippen molar-refractivity contribution in [1.82, 2.24) is 10.6 Å². The van der Waals surface area contributed by atoms with Crippen molar-refractivity contribution in [3.05, 3.63) is 58.3 Å². The molecule has 0 spiro atoms. The van der Waals surface area contributed by atoms with Crippen molar-refractivity contribution in [1.29, 1.82) is 0 Å². The number of rotatable bonds is 5. The average molecular weight is 349 g/mol. The van der Waals surface area contributed by atoms with Gasteiger partial charge in [-0.15, -0.1) is 11.3 Å². The molecular weight excluding hydrogens is 336 g/mol. The predicted octanol–water partition coefficient (Wildman–Crippen LogP) is 3.31. The van der Waals surface area contributed by atoms with Gasteiger partial charge in [-0.3, -0.25) is 9.59 Å². The standard InChI is InChI=1S/C16H13ClN2O3S/c17-13-10-4-1-2-6-12(10)23-14(13)16(21)19-8-7-18-15(20)11-5-3-9-22-11/h1-6,9H,7-8H2,(H,18,20)(H,19,21). The molecule has 2 heterocycles. The molecule has 0 unspecified atom stereocenters. The van der Waals surface area contributed by atoms with E-state index in [-0.39, 0.29) is 17.6 Å². The van der Waals surface area contributed by atoms with Gasteiger partial charge in [0.1, 0.15) is 4.88 Å². The summed E-state index contributed by atoms with van der Waals surface area (Å²) >= 11 is 7.60. The molecule has 5 nitrogen and oxygen atoms in total. The van der Waals surface area contributed by atoms with E-state index in [0.29, 0.717) is 23.0 Å². The van der Waals surface area contributed by atoms with Gasteiger partial charge in [0, 0.05) is 23.2 Å². The van der Waals surface area contributed by atoms with Gasteiger partial charge < -0.3 is 15.1 Å². The topological polar surface area (TPSA) is 71.3 Å². The Balaban J connectivity index is 1.55. The van der Waals surface area contributed by atoms with Gasteiger partial charge in [0.25, 0.3) is 11.8 Å². The maximum atomic E-state index is 12.2. The molecule has 0 aliphatic carbocycles. The van der Waals surface area contributed by atoms with Gasteiger partial charge in [0.15, 0.2) is 5.76 Å². The minimum atomic E-state index is -0.316. The summed E-state index contributed by atoms with van der Waals surface area (Å²) in [6, 6.07) is 10.8. The Morgan fingerprint density at radius 2 is 1.78 bits per heavy atom. The first-order chi connectivity index (χ1) is 11.2. The molecule has 0 aliphatic rings. The van der Waals surface area contributed by atoms with E-state index in [9.17, 15) is 9.59 Å². The molecule has 1 aromatic carbocycles. The van der Waals surface area contributed by atoms with Crippen molar-refractivity contribution in [2.75, 3.05) is 13.1 Å². The zero-order valence-corrected chi connectivity index (χ0v) is 13.5. The predicted molar refractivity (Wildman–Crippen MR) is 90.2 cm³/mol. The summed E-state index contributed by atoms with van der Waals surface area (Å²) in [5.74, 6) is -0.323. The minimum absolute atomic E-state index is 0.240. The molecule has 0 fully saturated rings. The highest BCUT2D eigenvalue weighted by Gasteiger charge is 2.16. The van der Waals surface area contributed by atoms with Crippen molar-refractivity contribution in [3.8, 4) is 0 Å². The van der Waals surface area contributed by atoms with Crippen LogP contribution < -0.4 is 10.6 Å². The molecule has 2 N–H and O–H groups in total. The molecule has 2 amide bonds. The number of fused-ring (bicyclic) bond motifs is 1. The van der Waals surface area contributed by atoms with Gasteiger partial charge in [-0.05, 0) is 18.2 Å². The van der Waals surface area contributed by atoms with Crippen LogP contribution in [-0.4, -0.2) is 24.9 Å². The second-order valence-corrected chi connectivity index (χ2v) is 6.16. The fourth-order valence-electron chi connectivity index (χ4n) is 2.09. The largest absolute Gasteiger partial charge is 0.459 e. The van der Waals surface area contributed by atoms with Crippen LogP contribution in [-0.2, 0) is 0 Å². The van der Waals surface area contributed by atoms with Gasteiger partial charge >= 0.3 is 0 Å². The van der Waals surface area contributed by atoms with Crippen LogP contribution in [0.3, 0.4) is 0 Å². The van der Waals surface area contributed by atoms with Crippen molar-refractivity contribution in [2.24, 2.45) is 0 Å². The van der Waals surface area contributed by atoms with Gasteiger partial charge in [-0.2, -0.15) is 0 Å². The third-order valence-corrected chi connectivity index (χ3v) is 4.86. The summed E-state index contributed by atoms with van der Waals surface area (Å²) < 4.78 is 5.94. The summed E-state index contributed by atoms with van der Waals surface area (Å²) in [5, 5.41) is 6.73. The molecule has 0 bridgehead atoms. The number of thiophene rings is 1. The fraction of sp³-hybridized carbons (Fsp3) is 0.125. The second kappa shape index (κ2) is 6.85. The van der Waals surface area contributed by atoms with Crippen LogP contribution in [0, 0.1) is 0 Å². The quantitative estimate of drug-likeness (QED) is 0.695. The van der Waals surface area contributed by atoms with Crippen LogP contribution in [0.2, 0.25) is 5.02 Å². The highest BCUT2D eigenvalue weighted by atomic mass is 35.5. The first kappa shape index (κ1) is 15.6. The lowest BCUT2D eigenvalue weighted by Gasteiger charge is -2.05. The highest BCUT2D eigenvalue weighted by molar-refractivity contribution is 7.21. The number of benzene rings is 1. The maximum absolute atomic E-state index is 12.2. The Bertz CT molecular complexity index is 842. The molecule has 0 atom stereocenters. The lowest BCUT2D eigenvalue weighted by Crippen LogP contribution is -2.34. The fourth-order valence-corrected chi connectivity index (χ4v) is 3.52. The van der Waals surface area contributed by atoms with Crippen LogP contribution in [0.5, 0.6) is 0 Å². The highest BCUT2D eigenvalue weighted by Crippen LogP contribution is 2.34. The number of carbonyl (C=O) groups excluding carboxylic acids is 2. The Morgan fingerprint density at radius 1 is 1.04 bits per heavy atom. The van der Waals surface area contributed by atoms with Crippen molar-refractivity contribution < 1.29 is 14.0 Å². The number of nitrogens with one attached hydrogen (secondary N) is 2. The van der Waals surface area contributed by atoms with E-state index in [0.717, 1.165) is 10.1 Å². The van der Waals surface area contributed by atoms with E-state index < -0.39 is 0 Å². The molecule has 0 saturated heterocycles.